The molecular weight excluding hydrogens is 194 g/mol. The van der Waals surface area contributed by atoms with Crippen LogP contribution in [0.3, 0.4) is 0 Å². The molecule has 0 radical (unpaired) electrons. The van der Waals surface area contributed by atoms with Crippen LogP contribution in [0.5, 0.6) is 0 Å². The quantitative estimate of drug-likeness (QED) is 0.553. The third-order valence-electron chi connectivity index (χ3n) is 2.27. The highest BCUT2D eigenvalue weighted by Crippen LogP contribution is 1.95. The van der Waals surface area contributed by atoms with Crippen LogP contribution in [0.4, 0.5) is 0 Å². The summed E-state index contributed by atoms with van der Waals surface area (Å²) in [4.78, 5) is 19.8. The molecule has 0 atom stereocenters. The molecule has 15 heavy (non-hydrogen) atoms. The third kappa shape index (κ3) is 2.03. The van der Waals surface area contributed by atoms with Crippen LogP contribution in [0.2, 0.25) is 0 Å². The summed E-state index contributed by atoms with van der Waals surface area (Å²) >= 11 is 0. The normalized spacial score (nSPS) is 11.0. The maximum atomic E-state index is 11.5. The Morgan fingerprint density at radius 2 is 2.33 bits per heavy atom. The summed E-state index contributed by atoms with van der Waals surface area (Å²) in [6.45, 7) is 2.86. The van der Waals surface area contributed by atoms with E-state index in [1.165, 1.54) is 6.33 Å². The fourth-order valence-corrected chi connectivity index (χ4v) is 1.46. The van der Waals surface area contributed by atoms with Gasteiger partial charge in [-0.3, -0.25) is 4.79 Å². The number of aromatic amines is 2. The summed E-state index contributed by atoms with van der Waals surface area (Å²) in [6, 6.07) is 0. The Balaban J connectivity index is 2.25. The standard InChI is InChI=1S/C9H13N5O/c1-2-3-4-5-14-12-8-7(9(15)13-14)10-6-11-8/h6H,2-5H2,1H3,(H,13,15)/p+1. The molecule has 0 spiro atoms. The van der Waals surface area contributed by atoms with Gasteiger partial charge >= 0.3 is 5.56 Å². The van der Waals surface area contributed by atoms with E-state index in [0.29, 0.717) is 11.2 Å². The molecule has 2 aromatic rings. The second-order valence-corrected chi connectivity index (χ2v) is 3.47. The van der Waals surface area contributed by atoms with E-state index in [1.54, 1.807) is 4.80 Å². The van der Waals surface area contributed by atoms with Crippen molar-refractivity contribution in [2.45, 2.75) is 32.7 Å². The van der Waals surface area contributed by atoms with Gasteiger partial charge in [0.15, 0.2) is 5.52 Å². The zero-order valence-electron chi connectivity index (χ0n) is 8.66. The Hall–Kier alpha value is -1.72. The summed E-state index contributed by atoms with van der Waals surface area (Å²) in [7, 11) is 0. The molecule has 80 valence electrons. The van der Waals surface area contributed by atoms with Crippen LogP contribution in [0.1, 0.15) is 26.2 Å². The van der Waals surface area contributed by atoms with Crippen LogP contribution in [-0.2, 0) is 6.54 Å². The number of unbranched alkanes of at least 4 members (excludes halogenated alkanes) is 2. The summed E-state index contributed by atoms with van der Waals surface area (Å²) in [5.41, 5.74) is 0.728. The molecule has 2 N–H and O–H groups in total. The number of aromatic nitrogens is 5. The fourth-order valence-electron chi connectivity index (χ4n) is 1.46. The van der Waals surface area contributed by atoms with Crippen LogP contribution in [-0.4, -0.2) is 20.2 Å². The lowest BCUT2D eigenvalue weighted by molar-refractivity contribution is -0.806. The highest BCUT2D eigenvalue weighted by Gasteiger charge is 2.10. The van der Waals surface area contributed by atoms with E-state index in [2.05, 4.69) is 27.1 Å². The zero-order valence-corrected chi connectivity index (χ0v) is 8.66. The molecule has 0 bridgehead atoms. The first-order valence-corrected chi connectivity index (χ1v) is 5.15. The van der Waals surface area contributed by atoms with Gasteiger partial charge in [-0.15, -0.1) is 0 Å². The zero-order chi connectivity index (χ0) is 10.7. The maximum Gasteiger partial charge on any atom is 0.327 e. The number of H-pyrrole nitrogens is 2. The molecule has 0 saturated carbocycles. The first-order chi connectivity index (χ1) is 7.31. The lowest BCUT2D eigenvalue weighted by Crippen LogP contribution is -2.46. The van der Waals surface area contributed by atoms with Crippen molar-refractivity contribution in [1.82, 2.24) is 20.2 Å². The Morgan fingerprint density at radius 1 is 1.47 bits per heavy atom. The lowest BCUT2D eigenvalue weighted by atomic mass is 10.2. The largest absolute Gasteiger partial charge is 0.338 e. The molecule has 0 unspecified atom stereocenters. The summed E-state index contributed by atoms with van der Waals surface area (Å²) in [5.74, 6) is 0. The minimum atomic E-state index is -0.172. The minimum Gasteiger partial charge on any atom is -0.338 e. The van der Waals surface area contributed by atoms with Gasteiger partial charge in [0.1, 0.15) is 0 Å². The number of rotatable bonds is 4. The van der Waals surface area contributed by atoms with Crippen LogP contribution in [0.15, 0.2) is 11.1 Å². The molecule has 2 rings (SSSR count). The molecule has 6 heteroatoms. The van der Waals surface area contributed by atoms with Crippen LogP contribution in [0.25, 0.3) is 11.2 Å². The number of aryl methyl sites for hydroxylation is 1. The fraction of sp³-hybridized carbons (Fsp3) is 0.556. The topological polar surface area (TPSA) is 78.3 Å². The van der Waals surface area contributed by atoms with E-state index >= 15 is 0 Å². The van der Waals surface area contributed by atoms with Gasteiger partial charge in [-0.05, 0) is 6.42 Å². The molecule has 0 saturated heterocycles. The van der Waals surface area contributed by atoms with Crippen molar-refractivity contribution in [3.05, 3.63) is 16.7 Å². The predicted octanol–water partition coefficient (Wildman–Crippen LogP) is 0.124. The molecule has 0 amide bonds. The van der Waals surface area contributed by atoms with E-state index in [0.717, 1.165) is 25.8 Å². The number of hydrogen-bond acceptors (Lipinski definition) is 3. The van der Waals surface area contributed by atoms with Crippen molar-refractivity contribution in [3.8, 4) is 0 Å². The lowest BCUT2D eigenvalue weighted by Gasteiger charge is -1.92. The van der Waals surface area contributed by atoms with Crippen molar-refractivity contribution in [2.24, 2.45) is 0 Å². The predicted molar refractivity (Wildman–Crippen MR) is 54.2 cm³/mol. The molecule has 0 aliphatic rings. The molecule has 0 aliphatic heterocycles. The molecule has 0 fully saturated rings. The summed E-state index contributed by atoms with van der Waals surface area (Å²) in [6.07, 6.45) is 4.77. The van der Waals surface area contributed by atoms with Crippen molar-refractivity contribution < 1.29 is 4.80 Å². The van der Waals surface area contributed by atoms with Gasteiger partial charge in [-0.2, -0.15) is 0 Å². The Kier molecular flexibility index (Phi) is 2.75. The van der Waals surface area contributed by atoms with Crippen LogP contribution < -0.4 is 10.4 Å². The highest BCUT2D eigenvalue weighted by molar-refractivity contribution is 5.66. The van der Waals surface area contributed by atoms with Gasteiger partial charge in [0.05, 0.1) is 6.33 Å². The van der Waals surface area contributed by atoms with Crippen molar-refractivity contribution in [2.75, 3.05) is 0 Å². The molecule has 0 aliphatic carbocycles. The van der Waals surface area contributed by atoms with Gasteiger partial charge in [0.2, 0.25) is 6.54 Å². The van der Waals surface area contributed by atoms with E-state index in [4.69, 9.17) is 0 Å². The number of imidazole rings is 1. The number of hydrogen-bond donors (Lipinski definition) is 2. The second kappa shape index (κ2) is 4.20. The van der Waals surface area contributed by atoms with Crippen LogP contribution in [0, 0.1) is 0 Å². The number of fused-ring (bicyclic) bond motifs is 1. The van der Waals surface area contributed by atoms with Gasteiger partial charge in [-0.1, -0.05) is 18.4 Å². The SMILES string of the molecule is CCCCC[n+]1nc2nc[nH]c2c(=O)[nH]1. The van der Waals surface area contributed by atoms with Crippen molar-refractivity contribution >= 4 is 11.2 Å². The first kappa shape index (κ1) is 9.82. The molecule has 2 heterocycles. The molecule has 2 aromatic heterocycles. The number of nitrogens with one attached hydrogen (secondary N) is 2. The molecule has 0 aromatic carbocycles. The Morgan fingerprint density at radius 3 is 3.13 bits per heavy atom. The Bertz CT molecular complexity index is 500. The average Bonchev–Trinajstić information content (AvgIpc) is 2.66. The van der Waals surface area contributed by atoms with E-state index < -0.39 is 0 Å². The minimum absolute atomic E-state index is 0.172. The smallest absolute Gasteiger partial charge is 0.327 e. The van der Waals surface area contributed by atoms with Gasteiger partial charge in [0.25, 0.3) is 5.65 Å². The monoisotopic (exact) mass is 208 g/mol. The highest BCUT2D eigenvalue weighted by atomic mass is 16.1. The number of nitrogens with zero attached hydrogens (tertiary/aromatic N) is 3. The Labute approximate surface area is 86.3 Å². The molecular formula is C9H14N5O+. The van der Waals surface area contributed by atoms with Gasteiger partial charge in [0, 0.05) is 16.3 Å². The summed E-state index contributed by atoms with van der Waals surface area (Å²) < 4.78 is 0. The van der Waals surface area contributed by atoms with Gasteiger partial charge < -0.3 is 4.98 Å². The van der Waals surface area contributed by atoms with Crippen molar-refractivity contribution in [3.63, 3.8) is 0 Å². The van der Waals surface area contributed by atoms with E-state index in [-0.39, 0.29) is 5.56 Å². The molecule has 6 nitrogen and oxygen atoms in total. The van der Waals surface area contributed by atoms with E-state index in [1.807, 2.05) is 0 Å². The van der Waals surface area contributed by atoms with Crippen LogP contribution >= 0.6 is 0 Å². The van der Waals surface area contributed by atoms with E-state index in [9.17, 15) is 4.79 Å². The van der Waals surface area contributed by atoms with Gasteiger partial charge in [-0.25, -0.2) is 4.98 Å². The second-order valence-electron chi connectivity index (χ2n) is 3.47. The maximum absolute atomic E-state index is 11.5. The van der Waals surface area contributed by atoms with Crippen molar-refractivity contribution in [1.29, 1.82) is 0 Å². The average molecular weight is 208 g/mol. The first-order valence-electron chi connectivity index (χ1n) is 5.15. The third-order valence-corrected chi connectivity index (χ3v) is 2.27. The summed E-state index contributed by atoms with van der Waals surface area (Å²) in [5, 5.41) is 6.86.